The molecule has 0 aliphatic heterocycles. The van der Waals surface area contributed by atoms with Gasteiger partial charge in [0.25, 0.3) is 0 Å². The van der Waals surface area contributed by atoms with Crippen molar-refractivity contribution in [3.8, 4) is 0 Å². The van der Waals surface area contributed by atoms with Gasteiger partial charge in [0.2, 0.25) is 10.0 Å². The van der Waals surface area contributed by atoms with Crippen LogP contribution in [-0.4, -0.2) is 36.1 Å². The monoisotopic (exact) mass is 257 g/mol. The number of rotatable bonds is 6. The van der Waals surface area contributed by atoms with Gasteiger partial charge >= 0.3 is 5.97 Å². The van der Waals surface area contributed by atoms with Gasteiger partial charge in [0.05, 0.1) is 5.75 Å². The molecule has 5 nitrogen and oxygen atoms in total. The third-order valence-corrected chi connectivity index (χ3v) is 4.05. The molecule has 0 aliphatic rings. The summed E-state index contributed by atoms with van der Waals surface area (Å²) in [6.07, 6.45) is 0. The number of hydrogen-bond donors (Lipinski definition) is 1. The molecule has 0 unspecified atom stereocenters. The molecule has 0 aromatic heterocycles. The maximum Gasteiger partial charge on any atom is 0.318 e. The lowest BCUT2D eigenvalue weighted by Gasteiger charge is -2.19. The van der Waals surface area contributed by atoms with Crippen LogP contribution < -0.4 is 0 Å². The average molecular weight is 257 g/mol. The molecule has 0 bridgehead atoms. The van der Waals surface area contributed by atoms with E-state index in [0.717, 1.165) is 9.87 Å². The molecule has 17 heavy (non-hydrogen) atoms. The van der Waals surface area contributed by atoms with Crippen molar-refractivity contribution >= 4 is 16.0 Å². The first kappa shape index (κ1) is 13.7. The normalized spacial score (nSPS) is 11.6. The molecule has 6 heteroatoms. The van der Waals surface area contributed by atoms with E-state index in [0.29, 0.717) is 0 Å². The Kier molecular flexibility index (Phi) is 4.65. The lowest BCUT2D eigenvalue weighted by atomic mass is 10.2. The van der Waals surface area contributed by atoms with Crippen molar-refractivity contribution in [3.05, 3.63) is 35.9 Å². The lowest BCUT2D eigenvalue weighted by molar-refractivity contribution is -0.137. The first-order valence-corrected chi connectivity index (χ1v) is 6.80. The predicted octanol–water partition coefficient (Wildman–Crippen LogP) is 0.923. The standard InChI is InChI=1S/C11H15NO4S/c1-2-17(15,16)12(9-11(13)14)8-10-6-4-3-5-7-10/h3-7H,2,8-9H2,1H3,(H,13,14). The van der Waals surface area contributed by atoms with Crippen LogP contribution in [0.3, 0.4) is 0 Å². The van der Waals surface area contributed by atoms with Crippen LogP contribution in [0.5, 0.6) is 0 Å². The molecule has 0 aliphatic carbocycles. The predicted molar refractivity (Wildman–Crippen MR) is 63.9 cm³/mol. The number of sulfonamides is 1. The summed E-state index contributed by atoms with van der Waals surface area (Å²) in [5.41, 5.74) is 0.769. The van der Waals surface area contributed by atoms with Crippen LogP contribution in [0.4, 0.5) is 0 Å². The maximum absolute atomic E-state index is 11.7. The van der Waals surface area contributed by atoms with Gasteiger partial charge in [-0.15, -0.1) is 0 Å². The summed E-state index contributed by atoms with van der Waals surface area (Å²) in [7, 11) is -3.50. The molecule has 0 atom stereocenters. The van der Waals surface area contributed by atoms with Crippen LogP contribution >= 0.6 is 0 Å². The molecular formula is C11H15NO4S. The molecule has 0 fully saturated rings. The highest BCUT2D eigenvalue weighted by molar-refractivity contribution is 7.89. The Labute approximate surface area is 101 Å². The van der Waals surface area contributed by atoms with Crippen molar-refractivity contribution in [2.45, 2.75) is 13.5 Å². The minimum atomic E-state index is -3.50. The highest BCUT2D eigenvalue weighted by Gasteiger charge is 2.22. The molecule has 1 aromatic carbocycles. The summed E-state index contributed by atoms with van der Waals surface area (Å²) < 4.78 is 24.4. The van der Waals surface area contributed by atoms with Crippen molar-refractivity contribution in [2.24, 2.45) is 0 Å². The zero-order valence-corrected chi connectivity index (χ0v) is 10.4. The molecule has 0 radical (unpaired) electrons. The molecule has 0 amide bonds. The van der Waals surface area contributed by atoms with Crippen LogP contribution in [-0.2, 0) is 21.4 Å². The number of hydrogen-bond acceptors (Lipinski definition) is 3. The van der Waals surface area contributed by atoms with E-state index in [1.165, 1.54) is 6.92 Å². The van der Waals surface area contributed by atoms with Gasteiger partial charge < -0.3 is 5.11 Å². The second-order valence-corrected chi connectivity index (χ2v) is 5.81. The first-order chi connectivity index (χ1) is 7.95. The largest absolute Gasteiger partial charge is 0.480 e. The molecule has 1 aromatic rings. The van der Waals surface area contributed by atoms with Gasteiger partial charge in [0.15, 0.2) is 0 Å². The van der Waals surface area contributed by atoms with Gasteiger partial charge in [-0.05, 0) is 12.5 Å². The third-order valence-electron chi connectivity index (χ3n) is 2.27. The number of carbonyl (C=O) groups is 1. The van der Waals surface area contributed by atoms with Gasteiger partial charge in [0.1, 0.15) is 6.54 Å². The Morgan fingerprint density at radius 1 is 1.29 bits per heavy atom. The van der Waals surface area contributed by atoms with Crippen molar-refractivity contribution in [3.63, 3.8) is 0 Å². The number of benzene rings is 1. The highest BCUT2D eigenvalue weighted by atomic mass is 32.2. The molecule has 0 saturated carbocycles. The Bertz CT molecular complexity index is 470. The summed E-state index contributed by atoms with van der Waals surface area (Å²) >= 11 is 0. The number of nitrogens with zero attached hydrogens (tertiary/aromatic N) is 1. The van der Waals surface area contributed by atoms with E-state index < -0.39 is 22.5 Å². The zero-order valence-electron chi connectivity index (χ0n) is 9.54. The second-order valence-electron chi connectivity index (χ2n) is 3.55. The fraction of sp³-hybridized carbons (Fsp3) is 0.364. The highest BCUT2D eigenvalue weighted by Crippen LogP contribution is 2.09. The van der Waals surface area contributed by atoms with Crippen molar-refractivity contribution in [1.82, 2.24) is 4.31 Å². The SMILES string of the molecule is CCS(=O)(=O)N(CC(=O)O)Cc1ccccc1. The maximum atomic E-state index is 11.7. The number of carboxylic acids is 1. The topological polar surface area (TPSA) is 74.7 Å². The van der Waals surface area contributed by atoms with Gasteiger partial charge in [0, 0.05) is 6.54 Å². The van der Waals surface area contributed by atoms with Crippen LogP contribution in [0.2, 0.25) is 0 Å². The number of carboxylic acid groups (broad SMARTS) is 1. The summed E-state index contributed by atoms with van der Waals surface area (Å²) in [5.74, 6) is -1.26. The molecule has 1 N–H and O–H groups in total. The zero-order chi connectivity index (χ0) is 12.9. The Morgan fingerprint density at radius 2 is 1.88 bits per heavy atom. The quantitative estimate of drug-likeness (QED) is 0.822. The van der Waals surface area contributed by atoms with E-state index in [-0.39, 0.29) is 12.3 Å². The molecule has 0 spiro atoms. The van der Waals surface area contributed by atoms with E-state index in [2.05, 4.69) is 0 Å². The smallest absolute Gasteiger partial charge is 0.318 e. The molecule has 0 heterocycles. The van der Waals surface area contributed by atoms with Gasteiger partial charge in [-0.3, -0.25) is 4.79 Å². The van der Waals surface area contributed by atoms with Crippen LogP contribution in [0, 0.1) is 0 Å². The fourth-order valence-corrected chi connectivity index (χ4v) is 2.39. The van der Waals surface area contributed by atoms with Crippen molar-refractivity contribution < 1.29 is 18.3 Å². The van der Waals surface area contributed by atoms with E-state index in [1.54, 1.807) is 24.3 Å². The van der Waals surface area contributed by atoms with E-state index >= 15 is 0 Å². The summed E-state index contributed by atoms with van der Waals surface area (Å²) in [4.78, 5) is 10.7. The third kappa shape index (κ3) is 4.16. The average Bonchev–Trinajstić information content (AvgIpc) is 2.29. The number of aliphatic carboxylic acids is 1. The molecule has 1 rings (SSSR count). The Hall–Kier alpha value is -1.40. The minimum Gasteiger partial charge on any atom is -0.480 e. The van der Waals surface area contributed by atoms with Crippen LogP contribution in [0.25, 0.3) is 0 Å². The molecule has 0 saturated heterocycles. The Balaban J connectivity index is 2.89. The van der Waals surface area contributed by atoms with Crippen LogP contribution in [0.15, 0.2) is 30.3 Å². The minimum absolute atomic E-state index is 0.0866. The van der Waals surface area contributed by atoms with Gasteiger partial charge in [-0.2, -0.15) is 4.31 Å². The summed E-state index contributed by atoms with van der Waals surface area (Å²) in [6, 6.07) is 8.92. The van der Waals surface area contributed by atoms with Crippen molar-refractivity contribution in [1.29, 1.82) is 0 Å². The molecular weight excluding hydrogens is 242 g/mol. The van der Waals surface area contributed by atoms with Crippen LogP contribution in [0.1, 0.15) is 12.5 Å². The van der Waals surface area contributed by atoms with E-state index in [4.69, 9.17) is 5.11 Å². The van der Waals surface area contributed by atoms with Crippen molar-refractivity contribution in [2.75, 3.05) is 12.3 Å². The summed E-state index contributed by atoms with van der Waals surface area (Å²) in [5, 5.41) is 8.71. The fourth-order valence-electron chi connectivity index (χ4n) is 1.37. The summed E-state index contributed by atoms with van der Waals surface area (Å²) in [6.45, 7) is 1.07. The first-order valence-electron chi connectivity index (χ1n) is 5.19. The van der Waals surface area contributed by atoms with E-state index in [9.17, 15) is 13.2 Å². The Morgan fingerprint density at radius 3 is 2.35 bits per heavy atom. The van der Waals surface area contributed by atoms with Gasteiger partial charge in [-0.25, -0.2) is 8.42 Å². The second kappa shape index (κ2) is 5.79. The lowest BCUT2D eigenvalue weighted by Crippen LogP contribution is -2.36. The molecule has 94 valence electrons. The van der Waals surface area contributed by atoms with E-state index in [1.807, 2.05) is 6.07 Å². The van der Waals surface area contributed by atoms with Gasteiger partial charge in [-0.1, -0.05) is 30.3 Å².